The van der Waals surface area contributed by atoms with Gasteiger partial charge in [-0.25, -0.2) is 0 Å². The summed E-state index contributed by atoms with van der Waals surface area (Å²) in [7, 11) is 0. The molecule has 1 aliphatic heterocycles. The summed E-state index contributed by atoms with van der Waals surface area (Å²) in [5, 5.41) is 2.66. The van der Waals surface area contributed by atoms with Crippen LogP contribution in [0.25, 0.3) is 10.8 Å². The fourth-order valence-electron chi connectivity index (χ4n) is 1.97. The van der Waals surface area contributed by atoms with E-state index >= 15 is 0 Å². The smallest absolute Gasteiger partial charge is 0.123 e. The molecule has 0 unspecified atom stereocenters. The molecule has 2 aromatic rings. The van der Waals surface area contributed by atoms with Gasteiger partial charge in [-0.15, -0.1) is 0 Å². The van der Waals surface area contributed by atoms with Crippen molar-refractivity contribution in [2.24, 2.45) is 0 Å². The van der Waals surface area contributed by atoms with Crippen LogP contribution in [0.2, 0.25) is 0 Å². The third-order valence-electron chi connectivity index (χ3n) is 2.61. The lowest BCUT2D eigenvalue weighted by Crippen LogP contribution is -1.85. The van der Waals surface area contributed by atoms with Gasteiger partial charge < -0.3 is 10.2 Å². The highest BCUT2D eigenvalue weighted by molar-refractivity contribution is 5.88. The van der Waals surface area contributed by atoms with Crippen LogP contribution in [-0.4, -0.2) is 12.1 Å². The molecule has 2 nitrogen and oxygen atoms in total. The first kappa shape index (κ1) is 9.03. The van der Waals surface area contributed by atoms with E-state index in [0.29, 0.717) is 0 Å². The maximum atomic E-state index is 5.51. The van der Waals surface area contributed by atoms with Crippen molar-refractivity contribution in [3.63, 3.8) is 0 Å². The van der Waals surface area contributed by atoms with Crippen molar-refractivity contribution in [1.82, 2.24) is 0 Å². The first-order valence-corrected chi connectivity index (χ1v) is 4.58. The molecule has 72 valence electrons. The van der Waals surface area contributed by atoms with Crippen LogP contribution in [0, 0.1) is 0 Å². The Morgan fingerprint density at radius 2 is 1.86 bits per heavy atom. The third kappa shape index (κ3) is 1.16. The fraction of sp³-hybridized carbons (Fsp3) is 0.167. The van der Waals surface area contributed by atoms with Crippen molar-refractivity contribution in [3.05, 3.63) is 42.0 Å². The third-order valence-corrected chi connectivity index (χ3v) is 2.61. The Morgan fingerprint density at radius 1 is 1.00 bits per heavy atom. The van der Waals surface area contributed by atoms with Crippen molar-refractivity contribution >= 4 is 10.8 Å². The predicted molar refractivity (Wildman–Crippen MR) is 56.8 cm³/mol. The molecule has 1 aliphatic rings. The molecule has 0 spiro atoms. The van der Waals surface area contributed by atoms with Gasteiger partial charge in [0.1, 0.15) is 5.75 Å². The van der Waals surface area contributed by atoms with Crippen LogP contribution >= 0.6 is 0 Å². The number of rotatable bonds is 0. The van der Waals surface area contributed by atoms with E-state index in [0.717, 1.165) is 18.8 Å². The first-order valence-electron chi connectivity index (χ1n) is 4.58. The topological polar surface area (TPSA) is 40.7 Å². The summed E-state index contributed by atoms with van der Waals surface area (Å²) in [4.78, 5) is 0. The van der Waals surface area contributed by atoms with E-state index in [2.05, 4.69) is 36.4 Å². The van der Waals surface area contributed by atoms with Crippen molar-refractivity contribution in [2.45, 2.75) is 6.42 Å². The number of hydrogen-bond acceptors (Lipinski definition) is 1. The van der Waals surface area contributed by atoms with Crippen LogP contribution in [0.5, 0.6) is 5.75 Å². The molecule has 2 aromatic carbocycles. The summed E-state index contributed by atoms with van der Waals surface area (Å²) < 4.78 is 5.51. The zero-order valence-electron chi connectivity index (χ0n) is 7.79. The minimum Gasteiger partial charge on any atom is -0.493 e. The van der Waals surface area contributed by atoms with E-state index in [9.17, 15) is 0 Å². The molecule has 3 rings (SSSR count). The number of ether oxygens (including phenoxy) is 1. The molecule has 0 saturated heterocycles. The monoisotopic (exact) mass is 188 g/mol. The molecule has 14 heavy (non-hydrogen) atoms. The molecule has 1 heterocycles. The maximum absolute atomic E-state index is 5.51. The maximum Gasteiger partial charge on any atom is 0.123 e. The van der Waals surface area contributed by atoms with E-state index in [1.807, 2.05) is 0 Å². The zero-order valence-corrected chi connectivity index (χ0v) is 7.79. The quantitative estimate of drug-likeness (QED) is 0.623. The van der Waals surface area contributed by atoms with Gasteiger partial charge in [0, 0.05) is 12.0 Å². The summed E-state index contributed by atoms with van der Waals surface area (Å²) in [6, 6.07) is 12.7. The van der Waals surface area contributed by atoms with Gasteiger partial charge in [-0.3, -0.25) is 0 Å². The van der Waals surface area contributed by atoms with Gasteiger partial charge in [0.2, 0.25) is 0 Å². The fourth-order valence-corrected chi connectivity index (χ4v) is 1.97. The van der Waals surface area contributed by atoms with Gasteiger partial charge in [-0.1, -0.05) is 30.3 Å². The number of fused-ring (bicyclic) bond motifs is 3. The Hall–Kier alpha value is -1.54. The van der Waals surface area contributed by atoms with Crippen LogP contribution in [0.4, 0.5) is 0 Å². The highest BCUT2D eigenvalue weighted by Gasteiger charge is 2.13. The normalized spacial score (nSPS) is 13.1. The van der Waals surface area contributed by atoms with Crippen LogP contribution in [0.1, 0.15) is 5.56 Å². The Labute approximate surface area is 82.4 Å². The van der Waals surface area contributed by atoms with Crippen molar-refractivity contribution < 1.29 is 10.2 Å². The minimum atomic E-state index is 0. The molecule has 0 amide bonds. The predicted octanol–water partition coefficient (Wildman–Crippen LogP) is 1.95. The molecular formula is C12H12O2. The molecule has 0 bridgehead atoms. The Bertz CT molecular complexity index is 463. The Kier molecular flexibility index (Phi) is 2.14. The lowest BCUT2D eigenvalue weighted by Gasteiger charge is -2.02. The molecule has 2 heteroatoms. The molecule has 0 saturated carbocycles. The number of benzene rings is 2. The van der Waals surface area contributed by atoms with Crippen molar-refractivity contribution in [2.75, 3.05) is 6.61 Å². The molecule has 2 N–H and O–H groups in total. The van der Waals surface area contributed by atoms with E-state index < -0.39 is 0 Å². The average molecular weight is 188 g/mol. The summed E-state index contributed by atoms with van der Waals surface area (Å²) in [6.07, 6.45) is 1.05. The lowest BCUT2D eigenvalue weighted by molar-refractivity contribution is 0.357. The first-order chi connectivity index (χ1) is 6.45. The second-order valence-electron chi connectivity index (χ2n) is 3.36. The Balaban J connectivity index is 0.000000750. The highest BCUT2D eigenvalue weighted by Crippen LogP contribution is 2.31. The highest BCUT2D eigenvalue weighted by atomic mass is 16.5. The number of hydrogen-bond donors (Lipinski definition) is 0. The van der Waals surface area contributed by atoms with Crippen molar-refractivity contribution in [1.29, 1.82) is 0 Å². The molecule has 0 fully saturated rings. The van der Waals surface area contributed by atoms with E-state index in [4.69, 9.17) is 4.74 Å². The van der Waals surface area contributed by atoms with Crippen molar-refractivity contribution in [3.8, 4) is 5.75 Å². The van der Waals surface area contributed by atoms with Gasteiger partial charge >= 0.3 is 0 Å². The zero-order chi connectivity index (χ0) is 8.67. The van der Waals surface area contributed by atoms with Gasteiger partial charge in [-0.2, -0.15) is 0 Å². The van der Waals surface area contributed by atoms with Gasteiger partial charge in [0.05, 0.1) is 6.61 Å². The van der Waals surface area contributed by atoms with E-state index in [-0.39, 0.29) is 5.48 Å². The molecule has 0 radical (unpaired) electrons. The van der Waals surface area contributed by atoms with Crippen LogP contribution in [0.3, 0.4) is 0 Å². The van der Waals surface area contributed by atoms with Gasteiger partial charge in [-0.05, 0) is 16.8 Å². The SMILES string of the molecule is O.c1ccc2c3c(ccc2c1)OCC3. The summed E-state index contributed by atoms with van der Waals surface area (Å²) in [6.45, 7) is 0.837. The van der Waals surface area contributed by atoms with E-state index in [1.54, 1.807) is 0 Å². The summed E-state index contributed by atoms with van der Waals surface area (Å²) in [5.41, 5.74) is 1.37. The average Bonchev–Trinajstić information content (AvgIpc) is 2.65. The van der Waals surface area contributed by atoms with Crippen LogP contribution in [0.15, 0.2) is 36.4 Å². The summed E-state index contributed by atoms with van der Waals surface area (Å²) >= 11 is 0. The second kappa shape index (κ2) is 3.31. The second-order valence-corrected chi connectivity index (χ2v) is 3.36. The van der Waals surface area contributed by atoms with Crippen LogP contribution in [-0.2, 0) is 6.42 Å². The molecule has 0 atom stereocenters. The minimum absolute atomic E-state index is 0. The summed E-state index contributed by atoms with van der Waals surface area (Å²) in [5.74, 6) is 1.07. The molecular weight excluding hydrogens is 176 g/mol. The van der Waals surface area contributed by atoms with Gasteiger partial charge in [0.15, 0.2) is 0 Å². The standard InChI is InChI=1S/C12H10O.H2O/c1-2-4-10-9(3-1)5-6-12-11(10)7-8-13-12;/h1-6H,7-8H2;1H2. The van der Waals surface area contributed by atoms with Gasteiger partial charge in [0.25, 0.3) is 0 Å². The molecule has 0 aliphatic carbocycles. The largest absolute Gasteiger partial charge is 0.493 e. The Morgan fingerprint density at radius 3 is 2.79 bits per heavy atom. The van der Waals surface area contributed by atoms with Crippen LogP contribution < -0.4 is 4.74 Å². The lowest BCUT2D eigenvalue weighted by atomic mass is 10.0. The molecule has 0 aromatic heterocycles. The van der Waals surface area contributed by atoms with E-state index in [1.165, 1.54) is 16.3 Å².